The van der Waals surface area contributed by atoms with Gasteiger partial charge in [-0.2, -0.15) is 0 Å². The van der Waals surface area contributed by atoms with Gasteiger partial charge in [-0.25, -0.2) is 0 Å². The molecule has 0 saturated heterocycles. The predicted molar refractivity (Wildman–Crippen MR) is 66.2 cm³/mol. The molecule has 1 aliphatic carbocycles. The number of aliphatic hydroxyl groups excluding tert-OH is 1. The highest BCUT2D eigenvalue weighted by Gasteiger charge is 2.19. The van der Waals surface area contributed by atoms with Crippen molar-refractivity contribution in [3.8, 4) is 0 Å². The number of hydrogen-bond acceptors (Lipinski definition) is 3. The average molecular weight is 220 g/mol. The molecule has 0 aliphatic heterocycles. The number of nitrogens with two attached hydrogens (primary N) is 1. The molecule has 0 fully saturated rings. The molecule has 0 saturated carbocycles. The summed E-state index contributed by atoms with van der Waals surface area (Å²) in [6, 6.07) is 6.63. The number of nitrogen functional groups attached to an aromatic ring is 1. The lowest BCUT2D eigenvalue weighted by atomic mass is 9.87. The molecule has 0 spiro atoms. The second-order valence-corrected chi connectivity index (χ2v) is 4.43. The molecule has 1 atom stereocenters. The Hall–Kier alpha value is -1.06. The molecule has 0 amide bonds. The van der Waals surface area contributed by atoms with Crippen LogP contribution in [0.5, 0.6) is 0 Å². The van der Waals surface area contributed by atoms with E-state index in [4.69, 9.17) is 10.8 Å². The zero-order valence-corrected chi connectivity index (χ0v) is 9.58. The number of fused-ring (bicyclic) bond motifs is 1. The Balaban J connectivity index is 2.09. The Bertz CT molecular complexity index is 352. The lowest BCUT2D eigenvalue weighted by molar-refractivity contribution is 0.281. The van der Waals surface area contributed by atoms with Crippen LogP contribution in [0.1, 0.15) is 36.4 Å². The molecule has 0 bridgehead atoms. The van der Waals surface area contributed by atoms with Gasteiger partial charge in [-0.15, -0.1) is 0 Å². The molecule has 88 valence electrons. The van der Waals surface area contributed by atoms with Crippen molar-refractivity contribution < 1.29 is 5.11 Å². The van der Waals surface area contributed by atoms with E-state index in [9.17, 15) is 0 Å². The Labute approximate surface area is 96.7 Å². The molecular formula is C13H20N2O. The molecule has 0 radical (unpaired) electrons. The number of rotatable bonds is 4. The van der Waals surface area contributed by atoms with Crippen molar-refractivity contribution in [2.45, 2.75) is 31.7 Å². The maximum atomic E-state index is 8.78. The number of hydrogen-bond donors (Lipinski definition) is 3. The number of nitrogens with one attached hydrogen (secondary N) is 1. The Kier molecular flexibility index (Phi) is 3.80. The monoisotopic (exact) mass is 220 g/mol. The molecule has 2 rings (SSSR count). The summed E-state index contributed by atoms with van der Waals surface area (Å²) in [5.74, 6) is 0. The van der Waals surface area contributed by atoms with Crippen molar-refractivity contribution in [1.29, 1.82) is 0 Å². The summed E-state index contributed by atoms with van der Waals surface area (Å²) < 4.78 is 0. The van der Waals surface area contributed by atoms with Crippen LogP contribution < -0.4 is 11.1 Å². The third-order valence-corrected chi connectivity index (χ3v) is 3.21. The highest BCUT2D eigenvalue weighted by molar-refractivity contribution is 5.46. The van der Waals surface area contributed by atoms with Gasteiger partial charge >= 0.3 is 0 Å². The standard InChI is InChI=1S/C13H20N2O/c14-11-6-5-10-3-1-4-13(12(10)9-11)15-7-2-8-16/h5-6,9,13,15-16H,1-4,7-8,14H2. The fourth-order valence-corrected chi connectivity index (χ4v) is 2.38. The molecular weight excluding hydrogens is 200 g/mol. The third-order valence-electron chi connectivity index (χ3n) is 3.21. The molecule has 1 unspecified atom stereocenters. The van der Waals surface area contributed by atoms with Gasteiger partial charge in [0.2, 0.25) is 0 Å². The number of aliphatic hydroxyl groups is 1. The van der Waals surface area contributed by atoms with E-state index < -0.39 is 0 Å². The van der Waals surface area contributed by atoms with Crippen LogP contribution in [-0.2, 0) is 6.42 Å². The molecule has 0 heterocycles. The van der Waals surface area contributed by atoms with Crippen LogP contribution in [0.3, 0.4) is 0 Å². The summed E-state index contributed by atoms with van der Waals surface area (Å²) in [4.78, 5) is 0. The zero-order valence-electron chi connectivity index (χ0n) is 9.58. The van der Waals surface area contributed by atoms with Crippen molar-refractivity contribution in [2.24, 2.45) is 0 Å². The maximum Gasteiger partial charge on any atom is 0.0443 e. The van der Waals surface area contributed by atoms with Crippen molar-refractivity contribution >= 4 is 5.69 Å². The summed E-state index contributed by atoms with van der Waals surface area (Å²) in [6.07, 6.45) is 4.37. The van der Waals surface area contributed by atoms with Gasteiger partial charge in [-0.05, 0) is 55.5 Å². The molecule has 1 aromatic carbocycles. The van der Waals surface area contributed by atoms with Crippen LogP contribution in [-0.4, -0.2) is 18.3 Å². The van der Waals surface area contributed by atoms with Crippen molar-refractivity contribution in [3.63, 3.8) is 0 Å². The largest absolute Gasteiger partial charge is 0.399 e. The fourth-order valence-electron chi connectivity index (χ4n) is 2.38. The minimum Gasteiger partial charge on any atom is -0.399 e. The van der Waals surface area contributed by atoms with E-state index >= 15 is 0 Å². The second kappa shape index (κ2) is 5.32. The Morgan fingerprint density at radius 2 is 2.31 bits per heavy atom. The zero-order chi connectivity index (χ0) is 11.4. The normalized spacial score (nSPS) is 19.4. The van der Waals surface area contributed by atoms with Gasteiger partial charge in [-0.3, -0.25) is 0 Å². The first-order chi connectivity index (χ1) is 7.81. The quantitative estimate of drug-likeness (QED) is 0.534. The average Bonchev–Trinajstić information content (AvgIpc) is 2.30. The van der Waals surface area contributed by atoms with Crippen LogP contribution in [0, 0.1) is 0 Å². The van der Waals surface area contributed by atoms with E-state index in [1.165, 1.54) is 24.0 Å². The fraction of sp³-hybridized carbons (Fsp3) is 0.538. The van der Waals surface area contributed by atoms with Gasteiger partial charge in [0.15, 0.2) is 0 Å². The van der Waals surface area contributed by atoms with Crippen molar-refractivity contribution in [2.75, 3.05) is 18.9 Å². The van der Waals surface area contributed by atoms with Gasteiger partial charge in [0.05, 0.1) is 0 Å². The molecule has 16 heavy (non-hydrogen) atoms. The lowest BCUT2D eigenvalue weighted by Gasteiger charge is -2.26. The molecule has 3 heteroatoms. The first kappa shape index (κ1) is 11.4. The van der Waals surface area contributed by atoms with E-state index in [-0.39, 0.29) is 6.61 Å². The van der Waals surface area contributed by atoms with Crippen LogP contribution >= 0.6 is 0 Å². The maximum absolute atomic E-state index is 8.78. The van der Waals surface area contributed by atoms with E-state index in [2.05, 4.69) is 17.4 Å². The highest BCUT2D eigenvalue weighted by Crippen LogP contribution is 2.30. The third kappa shape index (κ3) is 2.54. The van der Waals surface area contributed by atoms with Crippen LogP contribution in [0.2, 0.25) is 0 Å². The Morgan fingerprint density at radius 3 is 3.12 bits per heavy atom. The number of anilines is 1. The van der Waals surface area contributed by atoms with Gasteiger partial charge < -0.3 is 16.2 Å². The molecule has 3 nitrogen and oxygen atoms in total. The van der Waals surface area contributed by atoms with E-state index in [0.717, 1.165) is 25.1 Å². The van der Waals surface area contributed by atoms with Gasteiger partial charge in [0.1, 0.15) is 0 Å². The highest BCUT2D eigenvalue weighted by atomic mass is 16.3. The summed E-state index contributed by atoms with van der Waals surface area (Å²) in [5.41, 5.74) is 9.44. The minimum atomic E-state index is 0.253. The molecule has 1 aliphatic rings. The van der Waals surface area contributed by atoms with Gasteiger partial charge in [0.25, 0.3) is 0 Å². The Morgan fingerprint density at radius 1 is 1.44 bits per heavy atom. The van der Waals surface area contributed by atoms with E-state index in [1.54, 1.807) is 0 Å². The number of benzene rings is 1. The SMILES string of the molecule is Nc1ccc2c(c1)C(NCCCO)CCC2. The summed E-state index contributed by atoms with van der Waals surface area (Å²) in [6.45, 7) is 1.12. The van der Waals surface area contributed by atoms with Gasteiger partial charge in [-0.1, -0.05) is 6.07 Å². The van der Waals surface area contributed by atoms with Gasteiger partial charge in [0, 0.05) is 18.3 Å². The lowest BCUT2D eigenvalue weighted by Crippen LogP contribution is -2.26. The minimum absolute atomic E-state index is 0.253. The molecule has 0 aromatic heterocycles. The van der Waals surface area contributed by atoms with Crippen LogP contribution in [0.4, 0.5) is 5.69 Å². The van der Waals surface area contributed by atoms with E-state index in [0.29, 0.717) is 6.04 Å². The number of aryl methyl sites for hydroxylation is 1. The predicted octanol–water partition coefficient (Wildman–Crippen LogP) is 1.62. The summed E-state index contributed by atoms with van der Waals surface area (Å²) in [5, 5.41) is 12.3. The molecule has 4 N–H and O–H groups in total. The van der Waals surface area contributed by atoms with Crippen LogP contribution in [0.15, 0.2) is 18.2 Å². The smallest absolute Gasteiger partial charge is 0.0443 e. The first-order valence-electron chi connectivity index (χ1n) is 6.04. The molecule has 1 aromatic rings. The summed E-state index contributed by atoms with van der Waals surface area (Å²) in [7, 11) is 0. The first-order valence-corrected chi connectivity index (χ1v) is 6.04. The van der Waals surface area contributed by atoms with Crippen LogP contribution in [0.25, 0.3) is 0 Å². The van der Waals surface area contributed by atoms with Crippen molar-refractivity contribution in [3.05, 3.63) is 29.3 Å². The topological polar surface area (TPSA) is 58.3 Å². The van der Waals surface area contributed by atoms with Crippen molar-refractivity contribution in [1.82, 2.24) is 5.32 Å². The van der Waals surface area contributed by atoms with E-state index in [1.807, 2.05) is 6.07 Å². The second-order valence-electron chi connectivity index (χ2n) is 4.43. The summed E-state index contributed by atoms with van der Waals surface area (Å²) >= 11 is 0.